The first-order chi connectivity index (χ1) is 15.0. The standard InChI is InChI=1S/C23H23ClFN5O/c1-14(31)29-12-17-11-18(24)8-9-20(17)30-21(13-29)27-28-23(30)16-6-4-15(5-7-16)22-19(25)3-2-10-26-22/h2-3,8-11,15-16H,4-7,12-13H2,1H3. The maximum Gasteiger partial charge on any atom is 0.220 e. The lowest BCUT2D eigenvalue weighted by Gasteiger charge is -2.28. The molecule has 31 heavy (non-hydrogen) atoms. The molecule has 3 heterocycles. The van der Waals surface area contributed by atoms with Crippen molar-refractivity contribution in [1.29, 1.82) is 0 Å². The lowest BCUT2D eigenvalue weighted by atomic mass is 9.79. The van der Waals surface area contributed by atoms with Crippen molar-refractivity contribution in [3.63, 3.8) is 0 Å². The minimum Gasteiger partial charge on any atom is -0.331 e. The molecule has 2 aromatic heterocycles. The van der Waals surface area contributed by atoms with Crippen LogP contribution in [0.4, 0.5) is 4.39 Å². The van der Waals surface area contributed by atoms with Crippen LogP contribution >= 0.6 is 11.6 Å². The molecule has 1 aliphatic heterocycles. The molecule has 1 fully saturated rings. The summed E-state index contributed by atoms with van der Waals surface area (Å²) in [6.45, 7) is 2.46. The SMILES string of the molecule is CC(=O)N1Cc2cc(Cl)ccc2-n2c(nnc2C2CCC(c3ncccc3F)CC2)C1. The summed E-state index contributed by atoms with van der Waals surface area (Å²) < 4.78 is 16.3. The predicted molar refractivity (Wildman–Crippen MR) is 114 cm³/mol. The maximum atomic E-state index is 14.2. The maximum absolute atomic E-state index is 14.2. The average Bonchev–Trinajstić information content (AvgIpc) is 3.10. The molecule has 0 radical (unpaired) electrons. The number of carbonyl (C=O) groups excluding carboxylic acids is 1. The van der Waals surface area contributed by atoms with Crippen LogP contribution in [0.15, 0.2) is 36.5 Å². The number of halogens is 2. The number of fused-ring (bicyclic) bond motifs is 3. The van der Waals surface area contributed by atoms with Gasteiger partial charge in [-0.25, -0.2) is 4.39 Å². The summed E-state index contributed by atoms with van der Waals surface area (Å²) in [7, 11) is 0. The molecule has 1 amide bonds. The van der Waals surface area contributed by atoms with Crippen molar-refractivity contribution in [3.05, 3.63) is 70.3 Å². The minimum absolute atomic E-state index is 0.0122. The van der Waals surface area contributed by atoms with Crippen molar-refractivity contribution in [3.8, 4) is 5.69 Å². The van der Waals surface area contributed by atoms with Gasteiger partial charge in [0.05, 0.1) is 17.9 Å². The molecule has 0 spiro atoms. The van der Waals surface area contributed by atoms with Crippen molar-refractivity contribution >= 4 is 17.5 Å². The Bertz CT molecular complexity index is 1140. The normalized spacial score (nSPS) is 20.7. The zero-order valence-electron chi connectivity index (χ0n) is 17.3. The third-order valence-electron chi connectivity index (χ3n) is 6.44. The molecule has 1 aromatic carbocycles. The minimum atomic E-state index is -0.225. The number of hydrogen-bond acceptors (Lipinski definition) is 4. The van der Waals surface area contributed by atoms with Gasteiger partial charge in [-0.2, -0.15) is 0 Å². The highest BCUT2D eigenvalue weighted by molar-refractivity contribution is 6.30. The second-order valence-electron chi connectivity index (χ2n) is 8.38. The summed E-state index contributed by atoms with van der Waals surface area (Å²) in [5.74, 6) is 1.77. The van der Waals surface area contributed by atoms with Gasteiger partial charge < -0.3 is 4.90 Å². The van der Waals surface area contributed by atoms with Crippen molar-refractivity contribution in [2.24, 2.45) is 0 Å². The van der Waals surface area contributed by atoms with E-state index in [-0.39, 0.29) is 23.6 Å². The fraction of sp³-hybridized carbons (Fsp3) is 0.391. The molecular formula is C23H23ClFN5O. The molecule has 3 aromatic rings. The summed E-state index contributed by atoms with van der Waals surface area (Å²) in [5.41, 5.74) is 2.52. The second-order valence-corrected chi connectivity index (χ2v) is 8.81. The van der Waals surface area contributed by atoms with E-state index in [1.54, 1.807) is 24.1 Å². The largest absolute Gasteiger partial charge is 0.331 e. The van der Waals surface area contributed by atoms with E-state index in [1.165, 1.54) is 6.07 Å². The molecule has 8 heteroatoms. The molecular weight excluding hydrogens is 417 g/mol. The van der Waals surface area contributed by atoms with E-state index in [2.05, 4.69) is 19.7 Å². The van der Waals surface area contributed by atoms with Crippen molar-refractivity contribution in [1.82, 2.24) is 24.6 Å². The van der Waals surface area contributed by atoms with E-state index in [0.29, 0.717) is 23.8 Å². The highest BCUT2D eigenvalue weighted by atomic mass is 35.5. The summed E-state index contributed by atoms with van der Waals surface area (Å²) in [4.78, 5) is 18.2. The van der Waals surface area contributed by atoms with Crippen LogP contribution in [0, 0.1) is 5.82 Å². The van der Waals surface area contributed by atoms with Crippen LogP contribution < -0.4 is 0 Å². The molecule has 1 saturated carbocycles. The fourth-order valence-electron chi connectivity index (χ4n) is 4.84. The smallest absolute Gasteiger partial charge is 0.220 e. The van der Waals surface area contributed by atoms with E-state index in [4.69, 9.17) is 11.6 Å². The van der Waals surface area contributed by atoms with Gasteiger partial charge in [0.25, 0.3) is 0 Å². The van der Waals surface area contributed by atoms with Crippen LogP contribution in [-0.2, 0) is 17.9 Å². The Hall–Kier alpha value is -2.80. The molecule has 0 saturated heterocycles. The topological polar surface area (TPSA) is 63.9 Å². The van der Waals surface area contributed by atoms with Crippen molar-refractivity contribution in [2.45, 2.75) is 57.5 Å². The number of benzene rings is 1. The number of amides is 1. The second kappa shape index (κ2) is 8.04. The van der Waals surface area contributed by atoms with Gasteiger partial charge in [0.1, 0.15) is 11.6 Å². The lowest BCUT2D eigenvalue weighted by Crippen LogP contribution is -2.27. The van der Waals surface area contributed by atoms with Crippen LogP contribution in [0.3, 0.4) is 0 Å². The molecule has 5 rings (SSSR count). The Balaban J connectivity index is 1.47. The van der Waals surface area contributed by atoms with Crippen LogP contribution in [-0.4, -0.2) is 30.6 Å². The fourth-order valence-corrected chi connectivity index (χ4v) is 5.03. The van der Waals surface area contributed by atoms with E-state index in [9.17, 15) is 9.18 Å². The van der Waals surface area contributed by atoms with Crippen LogP contribution in [0.2, 0.25) is 5.02 Å². The van der Waals surface area contributed by atoms with Gasteiger partial charge in [0.2, 0.25) is 5.91 Å². The van der Waals surface area contributed by atoms with Gasteiger partial charge in [-0.3, -0.25) is 14.3 Å². The third-order valence-corrected chi connectivity index (χ3v) is 6.68. The van der Waals surface area contributed by atoms with E-state index >= 15 is 0 Å². The van der Waals surface area contributed by atoms with Crippen LogP contribution in [0.1, 0.15) is 67.3 Å². The highest BCUT2D eigenvalue weighted by Gasteiger charge is 2.32. The summed E-state index contributed by atoms with van der Waals surface area (Å²) in [6.07, 6.45) is 5.14. The monoisotopic (exact) mass is 439 g/mol. The van der Waals surface area contributed by atoms with Gasteiger partial charge in [-0.1, -0.05) is 11.6 Å². The van der Waals surface area contributed by atoms with E-state index < -0.39 is 0 Å². The first kappa shape index (κ1) is 20.1. The van der Waals surface area contributed by atoms with E-state index in [1.807, 2.05) is 18.2 Å². The molecule has 0 unspecified atom stereocenters. The Labute approximate surface area is 185 Å². The first-order valence-corrected chi connectivity index (χ1v) is 11.0. The van der Waals surface area contributed by atoms with Crippen LogP contribution in [0.5, 0.6) is 0 Å². The van der Waals surface area contributed by atoms with Gasteiger partial charge in [-0.05, 0) is 61.6 Å². The molecule has 160 valence electrons. The lowest BCUT2D eigenvalue weighted by molar-refractivity contribution is -0.130. The highest BCUT2D eigenvalue weighted by Crippen LogP contribution is 2.41. The summed E-state index contributed by atoms with van der Waals surface area (Å²) in [6, 6.07) is 8.86. The van der Waals surface area contributed by atoms with E-state index in [0.717, 1.165) is 48.6 Å². The zero-order valence-corrected chi connectivity index (χ0v) is 18.0. The Kier molecular flexibility index (Phi) is 5.22. The molecule has 2 aliphatic rings. The number of nitrogens with zero attached hydrogens (tertiary/aromatic N) is 5. The summed E-state index contributed by atoms with van der Waals surface area (Å²) >= 11 is 6.25. The molecule has 0 N–H and O–H groups in total. The first-order valence-electron chi connectivity index (χ1n) is 10.6. The number of pyridine rings is 1. The Morgan fingerprint density at radius 3 is 2.61 bits per heavy atom. The number of carbonyl (C=O) groups is 1. The van der Waals surface area contributed by atoms with Gasteiger partial charge in [0, 0.05) is 36.5 Å². The average molecular weight is 440 g/mol. The molecule has 0 bridgehead atoms. The predicted octanol–water partition coefficient (Wildman–Crippen LogP) is 4.76. The Morgan fingerprint density at radius 1 is 1.10 bits per heavy atom. The van der Waals surface area contributed by atoms with Crippen LogP contribution in [0.25, 0.3) is 5.69 Å². The molecule has 6 nitrogen and oxygen atoms in total. The molecule has 1 aliphatic carbocycles. The quantitative estimate of drug-likeness (QED) is 0.577. The van der Waals surface area contributed by atoms with Crippen molar-refractivity contribution in [2.75, 3.05) is 0 Å². The number of rotatable bonds is 2. The number of aromatic nitrogens is 4. The van der Waals surface area contributed by atoms with Crippen molar-refractivity contribution < 1.29 is 9.18 Å². The Morgan fingerprint density at radius 2 is 1.87 bits per heavy atom. The third kappa shape index (κ3) is 3.71. The number of hydrogen-bond donors (Lipinski definition) is 0. The molecule has 0 atom stereocenters. The summed E-state index contributed by atoms with van der Waals surface area (Å²) in [5, 5.41) is 9.63. The zero-order chi connectivity index (χ0) is 21.5. The van der Waals surface area contributed by atoms with Gasteiger partial charge >= 0.3 is 0 Å². The van der Waals surface area contributed by atoms with Gasteiger partial charge in [-0.15, -0.1) is 10.2 Å². The van der Waals surface area contributed by atoms with Gasteiger partial charge in [0.15, 0.2) is 5.82 Å².